The zero-order chi connectivity index (χ0) is 22.2. The van der Waals surface area contributed by atoms with Gasteiger partial charge in [0.05, 0.1) is 16.1 Å². The lowest BCUT2D eigenvalue weighted by Crippen LogP contribution is -2.47. The number of nitrogens with one attached hydrogen (secondary N) is 1. The molecule has 2 aromatic rings. The van der Waals surface area contributed by atoms with Crippen molar-refractivity contribution in [2.24, 2.45) is 0 Å². The molecule has 0 spiro atoms. The van der Waals surface area contributed by atoms with Crippen LogP contribution in [0.4, 0.5) is 4.39 Å². The fraction of sp³-hybridized carbons (Fsp3) is 0.478. The zero-order valence-corrected chi connectivity index (χ0v) is 22.4. The van der Waals surface area contributed by atoms with Crippen LogP contribution in [0.3, 0.4) is 0 Å². The lowest BCUT2D eigenvalue weighted by molar-refractivity contribution is 0.424. The quantitative estimate of drug-likeness (QED) is 0.513. The van der Waals surface area contributed by atoms with E-state index in [2.05, 4.69) is 77.5 Å². The maximum atomic E-state index is 14.0. The Balaban J connectivity index is 2.54. The molecule has 0 bridgehead atoms. The van der Waals surface area contributed by atoms with Crippen molar-refractivity contribution >= 4 is 45.7 Å². The first kappa shape index (κ1) is 24.3. The van der Waals surface area contributed by atoms with Gasteiger partial charge in [-0.3, -0.25) is 0 Å². The standard InChI is InChI=1S/C23H37FNOPSi2/c1-23(2,3)25-15-16-12-17(24)10-11-19(16)27-20-13-18(28(4,5)6)14-21(22(20)26)29(7,8)9/h10-14,25-27H,15H2,1-9H3. The van der Waals surface area contributed by atoms with Crippen LogP contribution in [-0.2, 0) is 6.54 Å². The summed E-state index contributed by atoms with van der Waals surface area (Å²) in [6.07, 6.45) is 0. The molecule has 0 heterocycles. The SMILES string of the molecule is CC(C)(C)NCc1cc(F)ccc1Pc1cc([Si](C)(C)C)cc([Si](C)(C)C)c1O. The molecule has 0 aliphatic rings. The summed E-state index contributed by atoms with van der Waals surface area (Å²) in [7, 11) is -2.93. The summed E-state index contributed by atoms with van der Waals surface area (Å²) >= 11 is 0. The molecular formula is C23H37FNOPSi2. The first-order valence-corrected chi connectivity index (χ1v) is 18.3. The summed E-state index contributed by atoms with van der Waals surface area (Å²) in [6, 6.07) is 9.49. The van der Waals surface area contributed by atoms with Gasteiger partial charge in [-0.25, -0.2) is 4.39 Å². The minimum atomic E-state index is -1.69. The molecule has 0 aliphatic carbocycles. The number of phenols is 1. The molecule has 2 rings (SSSR count). The van der Waals surface area contributed by atoms with E-state index in [1.165, 1.54) is 11.3 Å². The highest BCUT2D eigenvalue weighted by atomic mass is 31.1. The predicted molar refractivity (Wildman–Crippen MR) is 135 cm³/mol. The van der Waals surface area contributed by atoms with Crippen LogP contribution in [0.1, 0.15) is 26.3 Å². The molecule has 0 aromatic heterocycles. The van der Waals surface area contributed by atoms with Gasteiger partial charge >= 0.3 is 0 Å². The van der Waals surface area contributed by atoms with E-state index >= 15 is 0 Å². The van der Waals surface area contributed by atoms with Crippen LogP contribution < -0.4 is 26.3 Å². The second-order valence-electron chi connectivity index (χ2n) is 10.9. The fourth-order valence-electron chi connectivity index (χ4n) is 3.07. The highest BCUT2D eigenvalue weighted by molar-refractivity contribution is 7.56. The second kappa shape index (κ2) is 8.62. The smallest absolute Gasteiger partial charge is 0.123 e. The van der Waals surface area contributed by atoms with Crippen LogP contribution in [0.15, 0.2) is 30.3 Å². The molecule has 2 nitrogen and oxygen atoms in total. The van der Waals surface area contributed by atoms with Crippen molar-refractivity contribution in [1.29, 1.82) is 0 Å². The largest absolute Gasteiger partial charge is 0.507 e. The molecule has 0 aliphatic heterocycles. The number of rotatable bonds is 6. The van der Waals surface area contributed by atoms with E-state index in [4.69, 9.17) is 0 Å². The summed E-state index contributed by atoms with van der Waals surface area (Å²) in [6.45, 7) is 20.8. The first-order chi connectivity index (χ1) is 13.1. The molecule has 160 valence electrons. The Morgan fingerprint density at radius 1 is 0.931 bits per heavy atom. The van der Waals surface area contributed by atoms with Crippen molar-refractivity contribution < 1.29 is 9.50 Å². The monoisotopic (exact) mass is 449 g/mol. The van der Waals surface area contributed by atoms with E-state index in [-0.39, 0.29) is 11.4 Å². The van der Waals surface area contributed by atoms with Crippen molar-refractivity contribution in [1.82, 2.24) is 5.32 Å². The lowest BCUT2D eigenvalue weighted by atomic mass is 10.1. The molecule has 1 unspecified atom stereocenters. The molecule has 0 fully saturated rings. The van der Waals surface area contributed by atoms with Gasteiger partial charge in [-0.1, -0.05) is 71.2 Å². The van der Waals surface area contributed by atoms with Crippen LogP contribution in [-0.4, -0.2) is 26.8 Å². The third kappa shape index (κ3) is 6.75. The molecule has 0 saturated carbocycles. The van der Waals surface area contributed by atoms with Crippen LogP contribution in [0.2, 0.25) is 39.3 Å². The normalized spacial score (nSPS) is 13.4. The Labute approximate surface area is 180 Å². The highest BCUT2D eigenvalue weighted by Gasteiger charge is 2.27. The highest BCUT2D eigenvalue weighted by Crippen LogP contribution is 2.22. The lowest BCUT2D eigenvalue weighted by Gasteiger charge is -2.26. The average molecular weight is 450 g/mol. The minimum Gasteiger partial charge on any atom is -0.507 e. The summed E-state index contributed by atoms with van der Waals surface area (Å²) in [5.74, 6) is 0.232. The number of benzene rings is 2. The Morgan fingerprint density at radius 2 is 1.55 bits per heavy atom. The summed E-state index contributed by atoms with van der Waals surface area (Å²) in [5.41, 5.74) is 0.919. The number of aromatic hydroxyl groups is 1. The van der Waals surface area contributed by atoms with E-state index in [9.17, 15) is 9.50 Å². The number of phenolic OH excluding ortho intramolecular Hbond substituents is 1. The topological polar surface area (TPSA) is 32.3 Å². The van der Waals surface area contributed by atoms with E-state index in [1.54, 1.807) is 6.07 Å². The van der Waals surface area contributed by atoms with Gasteiger partial charge in [0.15, 0.2) is 0 Å². The van der Waals surface area contributed by atoms with Crippen molar-refractivity contribution in [2.45, 2.75) is 72.1 Å². The van der Waals surface area contributed by atoms with Gasteiger partial charge in [-0.15, -0.1) is 0 Å². The molecular weight excluding hydrogens is 412 g/mol. The summed E-state index contributed by atoms with van der Waals surface area (Å²) in [4.78, 5) is 0. The molecule has 29 heavy (non-hydrogen) atoms. The molecule has 0 radical (unpaired) electrons. The molecule has 1 atom stereocenters. The zero-order valence-electron chi connectivity index (χ0n) is 19.4. The minimum absolute atomic E-state index is 0.0441. The first-order valence-electron chi connectivity index (χ1n) is 10.3. The number of hydrogen-bond donors (Lipinski definition) is 2. The fourth-order valence-corrected chi connectivity index (χ4v) is 7.33. The van der Waals surface area contributed by atoms with Gasteiger partial charge in [-0.05, 0) is 49.0 Å². The molecule has 6 heteroatoms. The van der Waals surface area contributed by atoms with Gasteiger partial charge in [-0.2, -0.15) is 0 Å². The van der Waals surface area contributed by atoms with E-state index in [0.29, 0.717) is 20.9 Å². The van der Waals surface area contributed by atoms with Crippen molar-refractivity contribution in [3.05, 3.63) is 41.7 Å². The number of hydrogen-bond acceptors (Lipinski definition) is 2. The Morgan fingerprint density at radius 3 is 2.07 bits per heavy atom. The van der Waals surface area contributed by atoms with Crippen LogP contribution >= 0.6 is 8.58 Å². The van der Waals surface area contributed by atoms with Gasteiger partial charge < -0.3 is 10.4 Å². The average Bonchev–Trinajstić information content (AvgIpc) is 2.53. The molecule has 0 saturated heterocycles. The Hall–Kier alpha value is -1.01. The van der Waals surface area contributed by atoms with Crippen LogP contribution in [0.25, 0.3) is 0 Å². The maximum Gasteiger partial charge on any atom is 0.123 e. The van der Waals surface area contributed by atoms with Crippen LogP contribution in [0, 0.1) is 5.82 Å². The molecule has 2 N–H and O–H groups in total. The summed E-state index contributed by atoms with van der Waals surface area (Å²) in [5, 5.41) is 19.2. The Kier molecular flexibility index (Phi) is 7.21. The van der Waals surface area contributed by atoms with Crippen molar-refractivity contribution in [2.75, 3.05) is 0 Å². The van der Waals surface area contributed by atoms with Gasteiger partial charge in [0.25, 0.3) is 0 Å². The molecule has 0 amide bonds. The van der Waals surface area contributed by atoms with E-state index in [0.717, 1.165) is 21.4 Å². The van der Waals surface area contributed by atoms with Gasteiger partial charge in [0.2, 0.25) is 0 Å². The third-order valence-electron chi connectivity index (χ3n) is 4.93. The van der Waals surface area contributed by atoms with Crippen LogP contribution in [0.5, 0.6) is 5.75 Å². The third-order valence-corrected chi connectivity index (χ3v) is 10.4. The second-order valence-corrected chi connectivity index (χ2v) is 22.4. The summed E-state index contributed by atoms with van der Waals surface area (Å²) < 4.78 is 14.0. The predicted octanol–water partition coefficient (Wildman–Crippen LogP) is 4.14. The Bertz CT molecular complexity index is 880. The van der Waals surface area contributed by atoms with E-state index < -0.39 is 16.1 Å². The maximum absolute atomic E-state index is 14.0. The molecule has 2 aromatic carbocycles. The number of halogens is 1. The van der Waals surface area contributed by atoms with E-state index in [1.807, 2.05) is 6.07 Å². The van der Waals surface area contributed by atoms with Gasteiger partial charge in [0, 0.05) is 17.4 Å². The van der Waals surface area contributed by atoms with Crippen molar-refractivity contribution in [3.8, 4) is 5.75 Å². The van der Waals surface area contributed by atoms with Crippen molar-refractivity contribution in [3.63, 3.8) is 0 Å². The van der Waals surface area contributed by atoms with Gasteiger partial charge in [0.1, 0.15) is 11.6 Å².